The van der Waals surface area contributed by atoms with Crippen LogP contribution in [0, 0.1) is 0 Å². The summed E-state index contributed by atoms with van der Waals surface area (Å²) < 4.78 is 17.8. The van der Waals surface area contributed by atoms with Gasteiger partial charge in [0.05, 0.1) is 21.3 Å². The van der Waals surface area contributed by atoms with Crippen LogP contribution >= 0.6 is 0 Å². The number of aryl methyl sites for hydroxylation is 1. The molecule has 2 aromatic carbocycles. The Morgan fingerprint density at radius 1 is 0.963 bits per heavy atom. The number of fused-ring (bicyclic) bond motifs is 1. The van der Waals surface area contributed by atoms with Crippen molar-refractivity contribution in [2.75, 3.05) is 21.3 Å². The van der Waals surface area contributed by atoms with Gasteiger partial charge in [-0.2, -0.15) is 0 Å². The van der Waals surface area contributed by atoms with Gasteiger partial charge in [0.15, 0.2) is 11.5 Å². The van der Waals surface area contributed by atoms with Crippen molar-refractivity contribution in [3.63, 3.8) is 0 Å². The lowest BCUT2D eigenvalue weighted by molar-refractivity contribution is -0.121. The highest BCUT2D eigenvalue weighted by atomic mass is 16.5. The lowest BCUT2D eigenvalue weighted by atomic mass is 10.2. The molecule has 0 atom stereocenters. The number of amides is 1. The number of hydrogen-bond acceptors (Lipinski definition) is 4. The fourth-order valence-corrected chi connectivity index (χ4v) is 3.00. The molecular weight excluding hydrogens is 344 g/mol. The monoisotopic (exact) mass is 368 g/mol. The number of carbonyl (C=O) groups excluding carboxylic acids is 1. The van der Waals surface area contributed by atoms with Crippen molar-refractivity contribution in [2.45, 2.75) is 19.5 Å². The van der Waals surface area contributed by atoms with Gasteiger partial charge in [-0.15, -0.1) is 0 Å². The van der Waals surface area contributed by atoms with Crippen LogP contribution in [-0.2, 0) is 17.9 Å². The van der Waals surface area contributed by atoms with Crippen molar-refractivity contribution in [3.8, 4) is 17.2 Å². The van der Waals surface area contributed by atoms with E-state index in [0.717, 1.165) is 22.2 Å². The van der Waals surface area contributed by atoms with Gasteiger partial charge in [-0.1, -0.05) is 6.07 Å². The Kier molecular flexibility index (Phi) is 5.86. The van der Waals surface area contributed by atoms with Crippen LogP contribution in [0.1, 0.15) is 12.0 Å². The molecule has 27 heavy (non-hydrogen) atoms. The molecule has 3 rings (SSSR count). The molecule has 0 spiro atoms. The van der Waals surface area contributed by atoms with Crippen LogP contribution in [0.2, 0.25) is 0 Å². The lowest BCUT2D eigenvalue weighted by Gasteiger charge is -2.11. The fourth-order valence-electron chi connectivity index (χ4n) is 3.00. The van der Waals surface area contributed by atoms with Gasteiger partial charge < -0.3 is 24.1 Å². The van der Waals surface area contributed by atoms with Crippen LogP contribution in [0.5, 0.6) is 17.2 Å². The molecular formula is C21H24N2O4. The van der Waals surface area contributed by atoms with E-state index >= 15 is 0 Å². The van der Waals surface area contributed by atoms with Crippen molar-refractivity contribution in [2.24, 2.45) is 0 Å². The summed E-state index contributed by atoms with van der Waals surface area (Å²) in [5, 5.41) is 4.05. The first-order valence-electron chi connectivity index (χ1n) is 8.75. The number of ether oxygens (including phenoxy) is 3. The molecule has 0 aliphatic rings. The number of methoxy groups -OCH3 is 3. The second kappa shape index (κ2) is 8.49. The summed E-state index contributed by atoms with van der Waals surface area (Å²) in [4.78, 5) is 12.2. The maximum Gasteiger partial charge on any atom is 0.222 e. The minimum atomic E-state index is 0.000136. The summed E-state index contributed by atoms with van der Waals surface area (Å²) in [5.74, 6) is 2.15. The zero-order chi connectivity index (χ0) is 19.2. The van der Waals surface area contributed by atoms with Gasteiger partial charge in [-0.3, -0.25) is 4.79 Å². The number of hydrogen-bond donors (Lipinski definition) is 1. The van der Waals surface area contributed by atoms with E-state index in [2.05, 4.69) is 9.88 Å². The first-order chi connectivity index (χ1) is 13.1. The zero-order valence-corrected chi connectivity index (χ0v) is 15.8. The summed E-state index contributed by atoms with van der Waals surface area (Å²) in [6.07, 6.45) is 2.40. The topological polar surface area (TPSA) is 61.7 Å². The van der Waals surface area contributed by atoms with Crippen LogP contribution in [0.25, 0.3) is 10.9 Å². The van der Waals surface area contributed by atoms with E-state index in [1.165, 1.54) is 0 Å². The van der Waals surface area contributed by atoms with Gasteiger partial charge in [-0.25, -0.2) is 0 Å². The Hall–Kier alpha value is -3.15. The SMILES string of the molecule is COc1ccc2c(ccn2CCC(=O)NCc2ccc(OC)c(OC)c2)c1. The van der Waals surface area contributed by atoms with Crippen LogP contribution in [0.3, 0.4) is 0 Å². The Morgan fingerprint density at radius 2 is 1.78 bits per heavy atom. The van der Waals surface area contributed by atoms with Gasteiger partial charge in [0.2, 0.25) is 5.91 Å². The van der Waals surface area contributed by atoms with Crippen LogP contribution < -0.4 is 19.5 Å². The largest absolute Gasteiger partial charge is 0.497 e. The van der Waals surface area contributed by atoms with Crippen molar-refractivity contribution in [1.29, 1.82) is 0 Å². The predicted molar refractivity (Wildman–Crippen MR) is 104 cm³/mol. The van der Waals surface area contributed by atoms with E-state index in [9.17, 15) is 4.79 Å². The number of benzene rings is 2. The number of rotatable bonds is 8. The van der Waals surface area contributed by atoms with E-state index < -0.39 is 0 Å². The summed E-state index contributed by atoms with van der Waals surface area (Å²) in [5.41, 5.74) is 2.04. The molecule has 6 nitrogen and oxygen atoms in total. The maximum absolute atomic E-state index is 12.2. The van der Waals surface area contributed by atoms with Gasteiger partial charge in [0.25, 0.3) is 0 Å². The van der Waals surface area contributed by atoms with Crippen LogP contribution in [0.15, 0.2) is 48.7 Å². The number of aromatic nitrogens is 1. The average molecular weight is 368 g/mol. The van der Waals surface area contributed by atoms with Gasteiger partial charge in [-0.05, 0) is 42.0 Å². The average Bonchev–Trinajstić information content (AvgIpc) is 3.12. The molecule has 1 amide bonds. The Bertz CT molecular complexity index is 933. The highest BCUT2D eigenvalue weighted by Crippen LogP contribution is 2.27. The van der Waals surface area contributed by atoms with Gasteiger partial charge in [0.1, 0.15) is 5.75 Å². The van der Waals surface area contributed by atoms with Crippen molar-refractivity contribution >= 4 is 16.8 Å². The van der Waals surface area contributed by atoms with E-state index in [0.29, 0.717) is 31.0 Å². The third-order valence-electron chi connectivity index (χ3n) is 4.50. The quantitative estimate of drug-likeness (QED) is 0.662. The van der Waals surface area contributed by atoms with E-state index in [1.807, 2.05) is 48.7 Å². The van der Waals surface area contributed by atoms with Crippen molar-refractivity contribution in [1.82, 2.24) is 9.88 Å². The minimum Gasteiger partial charge on any atom is -0.497 e. The second-order valence-electron chi connectivity index (χ2n) is 6.15. The minimum absolute atomic E-state index is 0.000136. The first kappa shape index (κ1) is 18.6. The second-order valence-corrected chi connectivity index (χ2v) is 6.15. The summed E-state index contributed by atoms with van der Waals surface area (Å²) >= 11 is 0. The van der Waals surface area contributed by atoms with Crippen molar-refractivity contribution < 1.29 is 19.0 Å². The standard InChI is InChI=1S/C21H24N2O4/c1-25-17-5-6-18-16(13-17)8-10-23(18)11-9-21(24)22-14-15-4-7-19(26-2)20(12-15)27-3/h4-8,10,12-13H,9,11,14H2,1-3H3,(H,22,24). The Labute approximate surface area is 158 Å². The third kappa shape index (κ3) is 4.34. The highest BCUT2D eigenvalue weighted by Gasteiger charge is 2.08. The summed E-state index contributed by atoms with van der Waals surface area (Å²) in [6, 6.07) is 13.6. The Morgan fingerprint density at radius 3 is 2.52 bits per heavy atom. The maximum atomic E-state index is 12.2. The molecule has 0 aliphatic heterocycles. The number of nitrogens with zero attached hydrogens (tertiary/aromatic N) is 1. The third-order valence-corrected chi connectivity index (χ3v) is 4.50. The lowest BCUT2D eigenvalue weighted by Crippen LogP contribution is -2.23. The van der Waals surface area contributed by atoms with E-state index in [4.69, 9.17) is 14.2 Å². The highest BCUT2D eigenvalue weighted by molar-refractivity contribution is 5.82. The molecule has 0 fully saturated rings. The molecule has 0 saturated carbocycles. The molecule has 0 radical (unpaired) electrons. The van der Waals surface area contributed by atoms with E-state index in [1.54, 1.807) is 21.3 Å². The fraction of sp³-hybridized carbons (Fsp3) is 0.286. The number of nitrogens with one attached hydrogen (secondary N) is 1. The van der Waals surface area contributed by atoms with Gasteiger partial charge in [0, 0.05) is 36.6 Å². The molecule has 0 bridgehead atoms. The van der Waals surface area contributed by atoms with Crippen LogP contribution in [0.4, 0.5) is 0 Å². The Balaban J connectivity index is 1.56. The molecule has 142 valence electrons. The summed E-state index contributed by atoms with van der Waals surface area (Å²) in [7, 11) is 4.85. The molecule has 3 aromatic rings. The van der Waals surface area contributed by atoms with Gasteiger partial charge >= 0.3 is 0 Å². The molecule has 6 heteroatoms. The summed E-state index contributed by atoms with van der Waals surface area (Å²) in [6.45, 7) is 1.07. The molecule has 1 heterocycles. The molecule has 1 aromatic heterocycles. The molecule has 0 aliphatic carbocycles. The smallest absolute Gasteiger partial charge is 0.222 e. The number of carbonyl (C=O) groups is 1. The first-order valence-corrected chi connectivity index (χ1v) is 8.75. The normalized spacial score (nSPS) is 10.6. The van der Waals surface area contributed by atoms with Crippen LogP contribution in [-0.4, -0.2) is 31.8 Å². The zero-order valence-electron chi connectivity index (χ0n) is 15.8. The molecule has 0 unspecified atom stereocenters. The van der Waals surface area contributed by atoms with Crippen molar-refractivity contribution in [3.05, 3.63) is 54.2 Å². The van der Waals surface area contributed by atoms with E-state index in [-0.39, 0.29) is 5.91 Å². The predicted octanol–water partition coefficient (Wildman–Crippen LogP) is 3.37. The molecule has 1 N–H and O–H groups in total. The molecule has 0 saturated heterocycles.